The van der Waals surface area contributed by atoms with E-state index in [4.69, 9.17) is 0 Å². The fraction of sp³-hybridized carbons (Fsp3) is 0.900. The van der Waals surface area contributed by atoms with E-state index in [-0.39, 0.29) is 11.5 Å². The number of nitrogens with one attached hydrogen (secondary N) is 1. The number of hydrogen-bond acceptors (Lipinski definition) is 2. The zero-order valence-corrected chi connectivity index (χ0v) is 8.48. The van der Waals surface area contributed by atoms with E-state index in [9.17, 15) is 4.79 Å². The third-order valence-electron chi connectivity index (χ3n) is 2.83. The summed E-state index contributed by atoms with van der Waals surface area (Å²) in [5, 5.41) is 3.24. The Morgan fingerprint density at radius 2 is 2.00 bits per heavy atom. The third-order valence-corrected chi connectivity index (χ3v) is 2.83. The standard InChI is InChI=1S/C10H19NO/c1-7-9(12)5-8(6-11-7)10(2,3)4/h7-8,11H,5-6H2,1-4H3. The van der Waals surface area contributed by atoms with Crippen LogP contribution in [0.1, 0.15) is 34.1 Å². The van der Waals surface area contributed by atoms with Gasteiger partial charge in [0.2, 0.25) is 0 Å². The van der Waals surface area contributed by atoms with Crippen LogP contribution in [0.4, 0.5) is 0 Å². The molecule has 0 aromatic carbocycles. The van der Waals surface area contributed by atoms with Crippen LogP contribution in [-0.2, 0) is 4.79 Å². The van der Waals surface area contributed by atoms with Gasteiger partial charge in [0.25, 0.3) is 0 Å². The molecule has 2 atom stereocenters. The van der Waals surface area contributed by atoms with Crippen LogP contribution in [0.15, 0.2) is 0 Å². The molecule has 0 saturated carbocycles. The molecule has 2 nitrogen and oxygen atoms in total. The predicted molar refractivity (Wildman–Crippen MR) is 50.0 cm³/mol. The molecule has 0 aliphatic carbocycles. The summed E-state index contributed by atoms with van der Waals surface area (Å²) in [4.78, 5) is 11.4. The van der Waals surface area contributed by atoms with Gasteiger partial charge in [0.1, 0.15) is 5.78 Å². The predicted octanol–water partition coefficient (Wildman–Crippen LogP) is 1.60. The van der Waals surface area contributed by atoms with E-state index in [1.807, 2.05) is 6.92 Å². The Balaban J connectivity index is 2.57. The maximum absolute atomic E-state index is 11.4. The first-order chi connectivity index (χ1) is 5.41. The molecule has 0 bridgehead atoms. The first-order valence-corrected chi connectivity index (χ1v) is 4.67. The minimum absolute atomic E-state index is 0.0728. The van der Waals surface area contributed by atoms with Gasteiger partial charge in [-0.3, -0.25) is 4.79 Å². The summed E-state index contributed by atoms with van der Waals surface area (Å²) in [6, 6.07) is 0.0728. The summed E-state index contributed by atoms with van der Waals surface area (Å²) >= 11 is 0. The molecule has 12 heavy (non-hydrogen) atoms. The summed E-state index contributed by atoms with van der Waals surface area (Å²) in [6.07, 6.45) is 0.748. The molecule has 0 radical (unpaired) electrons. The molecule has 0 aromatic heterocycles. The van der Waals surface area contributed by atoms with Crippen LogP contribution in [0.5, 0.6) is 0 Å². The van der Waals surface area contributed by atoms with E-state index in [1.54, 1.807) is 0 Å². The summed E-state index contributed by atoms with van der Waals surface area (Å²) in [5.41, 5.74) is 0.253. The molecular weight excluding hydrogens is 150 g/mol. The van der Waals surface area contributed by atoms with Gasteiger partial charge in [-0.25, -0.2) is 0 Å². The first kappa shape index (κ1) is 9.72. The molecule has 1 rings (SSSR count). The Morgan fingerprint density at radius 1 is 1.42 bits per heavy atom. The van der Waals surface area contributed by atoms with Crippen molar-refractivity contribution < 1.29 is 4.79 Å². The van der Waals surface area contributed by atoms with Crippen molar-refractivity contribution in [2.75, 3.05) is 6.54 Å². The maximum Gasteiger partial charge on any atom is 0.149 e. The number of rotatable bonds is 0. The molecule has 1 aliphatic rings. The van der Waals surface area contributed by atoms with Crippen molar-refractivity contribution in [1.29, 1.82) is 0 Å². The number of ketones is 1. The summed E-state index contributed by atoms with van der Waals surface area (Å²) in [6.45, 7) is 9.52. The lowest BCUT2D eigenvalue weighted by Crippen LogP contribution is -2.47. The first-order valence-electron chi connectivity index (χ1n) is 4.67. The Hall–Kier alpha value is -0.370. The lowest BCUT2D eigenvalue weighted by molar-refractivity contribution is -0.124. The van der Waals surface area contributed by atoms with Gasteiger partial charge in [-0.2, -0.15) is 0 Å². The second kappa shape index (κ2) is 3.17. The quantitative estimate of drug-likeness (QED) is 0.597. The van der Waals surface area contributed by atoms with Crippen molar-refractivity contribution >= 4 is 5.78 Å². The third kappa shape index (κ3) is 2.07. The molecule has 0 aromatic rings. The van der Waals surface area contributed by atoms with E-state index < -0.39 is 0 Å². The second-order valence-electron chi connectivity index (χ2n) is 4.86. The highest BCUT2D eigenvalue weighted by atomic mass is 16.1. The second-order valence-corrected chi connectivity index (χ2v) is 4.86. The van der Waals surface area contributed by atoms with Crippen LogP contribution >= 0.6 is 0 Å². The number of piperidine rings is 1. The van der Waals surface area contributed by atoms with Crippen molar-refractivity contribution in [3.8, 4) is 0 Å². The normalized spacial score (nSPS) is 32.2. The molecule has 0 amide bonds. The molecule has 70 valence electrons. The Kier molecular flexibility index (Phi) is 2.57. The van der Waals surface area contributed by atoms with E-state index in [0.717, 1.165) is 13.0 Å². The van der Waals surface area contributed by atoms with E-state index >= 15 is 0 Å². The van der Waals surface area contributed by atoms with Gasteiger partial charge < -0.3 is 5.32 Å². The highest BCUT2D eigenvalue weighted by Crippen LogP contribution is 2.30. The molecular formula is C10H19NO. The molecule has 1 aliphatic heterocycles. The van der Waals surface area contributed by atoms with Crippen LogP contribution < -0.4 is 5.32 Å². The fourth-order valence-corrected chi connectivity index (χ4v) is 1.54. The average Bonchev–Trinajstić information content (AvgIpc) is 1.92. The summed E-state index contributed by atoms with van der Waals surface area (Å²) in [7, 11) is 0. The molecule has 1 saturated heterocycles. The van der Waals surface area contributed by atoms with Crippen molar-refractivity contribution in [2.45, 2.75) is 40.2 Å². The van der Waals surface area contributed by atoms with Crippen molar-refractivity contribution in [2.24, 2.45) is 11.3 Å². The number of carbonyl (C=O) groups excluding carboxylic acids is 1. The zero-order chi connectivity index (χ0) is 9.35. The summed E-state index contributed by atoms with van der Waals surface area (Å²) < 4.78 is 0. The molecule has 0 spiro atoms. The number of hydrogen-bond donors (Lipinski definition) is 1. The minimum Gasteiger partial charge on any atom is -0.307 e. The van der Waals surface area contributed by atoms with E-state index in [1.165, 1.54) is 0 Å². The van der Waals surface area contributed by atoms with Gasteiger partial charge in [-0.15, -0.1) is 0 Å². The lowest BCUT2D eigenvalue weighted by Gasteiger charge is -2.35. The summed E-state index contributed by atoms with van der Waals surface area (Å²) in [5.74, 6) is 0.863. The monoisotopic (exact) mass is 169 g/mol. The highest BCUT2D eigenvalue weighted by molar-refractivity contribution is 5.84. The van der Waals surface area contributed by atoms with Crippen molar-refractivity contribution in [3.63, 3.8) is 0 Å². The van der Waals surface area contributed by atoms with Gasteiger partial charge in [-0.1, -0.05) is 20.8 Å². The van der Waals surface area contributed by atoms with Crippen LogP contribution in [0.25, 0.3) is 0 Å². The highest BCUT2D eigenvalue weighted by Gasteiger charge is 2.32. The molecule has 2 unspecified atom stereocenters. The maximum atomic E-state index is 11.4. The Bertz CT molecular complexity index is 181. The van der Waals surface area contributed by atoms with Crippen LogP contribution in [0.3, 0.4) is 0 Å². The zero-order valence-electron chi connectivity index (χ0n) is 8.48. The molecule has 2 heteroatoms. The molecule has 1 fully saturated rings. The van der Waals surface area contributed by atoms with Crippen molar-refractivity contribution in [3.05, 3.63) is 0 Å². The van der Waals surface area contributed by atoms with Gasteiger partial charge in [0.15, 0.2) is 0 Å². The topological polar surface area (TPSA) is 29.1 Å². The largest absolute Gasteiger partial charge is 0.307 e. The number of Topliss-reactive ketones (excluding diaryl/α,β-unsaturated/α-hetero) is 1. The van der Waals surface area contributed by atoms with Crippen LogP contribution in [0, 0.1) is 11.3 Å². The number of carbonyl (C=O) groups is 1. The van der Waals surface area contributed by atoms with Gasteiger partial charge in [-0.05, 0) is 24.8 Å². The molecule has 1 heterocycles. The lowest BCUT2D eigenvalue weighted by atomic mass is 9.75. The van der Waals surface area contributed by atoms with Gasteiger partial charge in [0, 0.05) is 6.42 Å². The minimum atomic E-state index is 0.0728. The van der Waals surface area contributed by atoms with Gasteiger partial charge in [0.05, 0.1) is 6.04 Å². The van der Waals surface area contributed by atoms with Crippen molar-refractivity contribution in [1.82, 2.24) is 5.32 Å². The SMILES string of the molecule is CC1NCC(C(C)(C)C)CC1=O. The van der Waals surface area contributed by atoms with Gasteiger partial charge >= 0.3 is 0 Å². The van der Waals surface area contributed by atoms with E-state index in [2.05, 4.69) is 26.1 Å². The van der Waals surface area contributed by atoms with Crippen LogP contribution in [0.2, 0.25) is 0 Å². The average molecular weight is 169 g/mol. The van der Waals surface area contributed by atoms with E-state index in [0.29, 0.717) is 11.7 Å². The molecule has 1 N–H and O–H groups in total. The Morgan fingerprint density at radius 3 is 2.42 bits per heavy atom. The Labute approximate surface area is 74.7 Å². The smallest absolute Gasteiger partial charge is 0.149 e. The van der Waals surface area contributed by atoms with Crippen LogP contribution in [-0.4, -0.2) is 18.4 Å². The fourth-order valence-electron chi connectivity index (χ4n) is 1.54.